The molecule has 0 radical (unpaired) electrons. The molecule has 0 unspecified atom stereocenters. The molecule has 0 aliphatic carbocycles. The van der Waals surface area contributed by atoms with Gasteiger partial charge in [-0.15, -0.1) is 0 Å². The first-order valence-electron chi connectivity index (χ1n) is 8.05. The Bertz CT molecular complexity index is 1030. The van der Waals surface area contributed by atoms with Crippen LogP contribution in [0, 0.1) is 11.3 Å². The predicted octanol–water partition coefficient (Wildman–Crippen LogP) is 1.21. The maximum absolute atomic E-state index is 12.6. The third-order valence-electron chi connectivity index (χ3n) is 3.73. The lowest BCUT2D eigenvalue weighted by Crippen LogP contribution is -2.31. The van der Waals surface area contributed by atoms with Crippen LogP contribution >= 0.6 is 0 Å². The number of nitrogens with zero attached hydrogens (tertiary/aromatic N) is 3. The molecule has 27 heavy (non-hydrogen) atoms. The van der Waals surface area contributed by atoms with Crippen molar-refractivity contribution in [2.24, 2.45) is 0 Å². The van der Waals surface area contributed by atoms with Crippen molar-refractivity contribution in [2.45, 2.75) is 0 Å². The first-order valence-corrected chi connectivity index (χ1v) is 8.05. The van der Waals surface area contributed by atoms with Crippen molar-refractivity contribution >= 4 is 11.7 Å². The number of carbonyl (C=O) groups is 1. The van der Waals surface area contributed by atoms with Gasteiger partial charge in [0.15, 0.2) is 5.82 Å². The molecule has 0 saturated carbocycles. The fraction of sp³-hybridized carbons (Fsp3) is 0.111. The van der Waals surface area contributed by atoms with Gasteiger partial charge in [-0.3, -0.25) is 9.89 Å². The number of nitrogens with one attached hydrogen (secondary N) is 3. The predicted molar refractivity (Wildman–Crippen MR) is 98.4 cm³/mol. The average Bonchev–Trinajstić information content (AvgIpc) is 3.08. The van der Waals surface area contributed by atoms with Gasteiger partial charge in [-0.25, -0.2) is 14.5 Å². The van der Waals surface area contributed by atoms with Crippen LogP contribution in [-0.4, -0.2) is 39.1 Å². The largest absolute Gasteiger partial charge is 0.395 e. The van der Waals surface area contributed by atoms with Crippen LogP contribution < -0.4 is 16.2 Å². The summed E-state index contributed by atoms with van der Waals surface area (Å²) in [6, 6.07) is 11.5. The molecule has 3 aromatic rings. The molecule has 9 nitrogen and oxygen atoms in total. The minimum Gasteiger partial charge on any atom is -0.395 e. The summed E-state index contributed by atoms with van der Waals surface area (Å²) >= 11 is 0. The van der Waals surface area contributed by atoms with Gasteiger partial charge in [-0.1, -0.05) is 12.1 Å². The Morgan fingerprint density at radius 3 is 2.67 bits per heavy atom. The molecule has 0 atom stereocenters. The van der Waals surface area contributed by atoms with Crippen molar-refractivity contribution in [2.75, 3.05) is 18.5 Å². The third-order valence-corrected chi connectivity index (χ3v) is 3.73. The summed E-state index contributed by atoms with van der Waals surface area (Å²) in [6.07, 6.45) is 2.99. The summed E-state index contributed by atoms with van der Waals surface area (Å²) in [5.74, 6) is 0.362. The van der Waals surface area contributed by atoms with Gasteiger partial charge in [-0.2, -0.15) is 5.26 Å². The maximum atomic E-state index is 12.6. The number of aliphatic hydroxyl groups excluding tert-OH is 1. The Balaban J connectivity index is 1.79. The highest BCUT2D eigenvalue weighted by Crippen LogP contribution is 2.16. The Kier molecular flexibility index (Phi) is 5.30. The molecule has 0 spiro atoms. The standard InChI is InChI=1S/C18H16N6O3/c19-9-12-1-3-13(4-2-12)15-11-22-24(17(15)26)16-6-5-14(10-21-16)23-18(27)20-7-8-25/h1-6,10-11,22,25H,7-8H2,(H2,20,23,27). The Morgan fingerprint density at radius 2 is 2.04 bits per heavy atom. The lowest BCUT2D eigenvalue weighted by Gasteiger charge is -2.07. The second kappa shape index (κ2) is 7.99. The van der Waals surface area contributed by atoms with Gasteiger partial charge in [0.1, 0.15) is 0 Å². The number of H-pyrrole nitrogens is 1. The molecule has 3 rings (SSSR count). The van der Waals surface area contributed by atoms with Gasteiger partial charge < -0.3 is 15.7 Å². The summed E-state index contributed by atoms with van der Waals surface area (Å²) in [5, 5.41) is 25.4. The van der Waals surface area contributed by atoms with Gasteiger partial charge in [0, 0.05) is 12.7 Å². The zero-order valence-corrected chi connectivity index (χ0v) is 14.1. The highest BCUT2D eigenvalue weighted by Gasteiger charge is 2.11. The van der Waals surface area contributed by atoms with E-state index in [2.05, 4.69) is 20.7 Å². The van der Waals surface area contributed by atoms with Crippen molar-refractivity contribution in [1.82, 2.24) is 20.1 Å². The van der Waals surface area contributed by atoms with Gasteiger partial charge in [-0.05, 0) is 29.8 Å². The molecule has 2 aromatic heterocycles. The normalized spacial score (nSPS) is 10.2. The van der Waals surface area contributed by atoms with Gasteiger partial charge in [0.05, 0.1) is 35.7 Å². The number of hydrogen-bond acceptors (Lipinski definition) is 5. The number of hydrogen-bond donors (Lipinski definition) is 4. The molecule has 0 fully saturated rings. The van der Waals surface area contributed by atoms with E-state index < -0.39 is 6.03 Å². The molecule has 9 heteroatoms. The van der Waals surface area contributed by atoms with Crippen LogP contribution in [0.5, 0.6) is 0 Å². The number of carbonyl (C=O) groups excluding carboxylic acids is 1. The van der Waals surface area contributed by atoms with Gasteiger partial charge in [0.25, 0.3) is 5.56 Å². The number of aliphatic hydroxyl groups is 1. The quantitative estimate of drug-likeness (QED) is 0.539. The summed E-state index contributed by atoms with van der Waals surface area (Å²) in [5.41, 5.74) is 1.82. The Hall–Kier alpha value is -3.90. The second-order valence-corrected chi connectivity index (χ2v) is 5.53. The molecule has 0 aliphatic heterocycles. The Morgan fingerprint density at radius 1 is 1.26 bits per heavy atom. The van der Waals surface area contributed by atoms with E-state index in [4.69, 9.17) is 10.4 Å². The lowest BCUT2D eigenvalue weighted by molar-refractivity contribution is 0.245. The smallest absolute Gasteiger partial charge is 0.319 e. The van der Waals surface area contributed by atoms with Crippen LogP contribution in [0.4, 0.5) is 10.5 Å². The molecule has 0 bridgehead atoms. The molecule has 0 saturated heterocycles. The van der Waals surface area contributed by atoms with E-state index in [9.17, 15) is 9.59 Å². The van der Waals surface area contributed by atoms with Gasteiger partial charge >= 0.3 is 6.03 Å². The van der Waals surface area contributed by atoms with E-state index in [1.165, 1.54) is 10.9 Å². The summed E-state index contributed by atoms with van der Waals surface area (Å²) in [7, 11) is 0. The molecule has 4 N–H and O–H groups in total. The molecule has 0 aliphatic rings. The second-order valence-electron chi connectivity index (χ2n) is 5.53. The minimum atomic E-state index is -0.459. The summed E-state index contributed by atoms with van der Waals surface area (Å²) < 4.78 is 1.28. The monoisotopic (exact) mass is 364 g/mol. The first kappa shape index (κ1) is 17.9. The first-order chi connectivity index (χ1) is 13.1. The number of rotatable bonds is 5. The Labute approximate surface area is 153 Å². The SMILES string of the molecule is N#Cc1ccc(-c2c[nH]n(-c3ccc(NC(=O)NCCO)cn3)c2=O)cc1. The topological polar surface area (TPSA) is 136 Å². The number of anilines is 1. The van der Waals surface area contributed by atoms with Crippen LogP contribution in [0.15, 0.2) is 53.6 Å². The molecule has 1 aromatic carbocycles. The van der Waals surface area contributed by atoms with Crippen LogP contribution in [0.3, 0.4) is 0 Å². The number of aromatic amines is 1. The molecular weight excluding hydrogens is 348 g/mol. The van der Waals surface area contributed by atoms with Crippen molar-refractivity contribution < 1.29 is 9.90 Å². The van der Waals surface area contributed by atoms with Crippen LogP contribution in [0.2, 0.25) is 0 Å². The zero-order valence-electron chi connectivity index (χ0n) is 14.1. The van der Waals surface area contributed by atoms with Crippen LogP contribution in [0.1, 0.15) is 5.56 Å². The number of nitriles is 1. The molecule has 2 amide bonds. The summed E-state index contributed by atoms with van der Waals surface area (Å²) in [6.45, 7) is -0.00470. The number of pyridine rings is 1. The zero-order chi connectivity index (χ0) is 19.2. The van der Waals surface area contributed by atoms with Crippen LogP contribution in [-0.2, 0) is 0 Å². The fourth-order valence-electron chi connectivity index (χ4n) is 2.41. The number of amides is 2. The van der Waals surface area contributed by atoms with Gasteiger partial charge in [0.2, 0.25) is 0 Å². The van der Waals surface area contributed by atoms with Crippen LogP contribution in [0.25, 0.3) is 16.9 Å². The maximum Gasteiger partial charge on any atom is 0.319 e. The van der Waals surface area contributed by atoms with Crippen molar-refractivity contribution in [3.05, 3.63) is 64.7 Å². The molecule has 2 heterocycles. The van der Waals surface area contributed by atoms with Crippen molar-refractivity contribution in [1.29, 1.82) is 5.26 Å². The van der Waals surface area contributed by atoms with E-state index in [0.717, 1.165) is 0 Å². The number of benzene rings is 1. The van der Waals surface area contributed by atoms with Crippen molar-refractivity contribution in [3.63, 3.8) is 0 Å². The highest BCUT2D eigenvalue weighted by atomic mass is 16.3. The molecular formula is C18H16N6O3. The van der Waals surface area contributed by atoms with E-state index in [0.29, 0.717) is 28.2 Å². The minimum absolute atomic E-state index is 0.146. The highest BCUT2D eigenvalue weighted by molar-refractivity contribution is 5.89. The number of aromatic nitrogens is 3. The summed E-state index contributed by atoms with van der Waals surface area (Å²) in [4.78, 5) is 28.3. The van der Waals surface area contributed by atoms with E-state index >= 15 is 0 Å². The third kappa shape index (κ3) is 4.02. The lowest BCUT2D eigenvalue weighted by atomic mass is 10.1. The van der Waals surface area contributed by atoms with E-state index in [-0.39, 0.29) is 18.7 Å². The van der Waals surface area contributed by atoms with E-state index in [1.54, 1.807) is 42.6 Å². The van der Waals surface area contributed by atoms with E-state index in [1.807, 2.05) is 6.07 Å². The number of urea groups is 1. The molecule has 136 valence electrons. The fourth-order valence-corrected chi connectivity index (χ4v) is 2.41. The van der Waals surface area contributed by atoms with Crippen molar-refractivity contribution in [3.8, 4) is 23.0 Å². The average molecular weight is 364 g/mol.